The first-order chi connectivity index (χ1) is 14.8. The molecule has 0 bridgehead atoms. The molecule has 1 aliphatic rings. The van der Waals surface area contributed by atoms with Gasteiger partial charge in [-0.25, -0.2) is 0 Å². The molecule has 0 radical (unpaired) electrons. The molecule has 0 saturated carbocycles. The van der Waals surface area contributed by atoms with E-state index in [1.165, 1.54) is 11.1 Å². The van der Waals surface area contributed by atoms with Crippen molar-refractivity contribution in [3.05, 3.63) is 83.4 Å². The zero-order valence-electron chi connectivity index (χ0n) is 17.2. The number of nitrogens with zero attached hydrogens (tertiary/aromatic N) is 1. The van der Waals surface area contributed by atoms with Crippen molar-refractivity contribution in [3.8, 4) is 23.0 Å². The molecule has 1 aliphatic heterocycles. The fraction of sp³-hybridized carbons (Fsp3) is 0.240. The van der Waals surface area contributed by atoms with Gasteiger partial charge in [0.2, 0.25) is 6.79 Å². The minimum atomic E-state index is 0.225. The van der Waals surface area contributed by atoms with Crippen LogP contribution in [-0.4, -0.2) is 33.8 Å². The van der Waals surface area contributed by atoms with Crippen LogP contribution in [0.5, 0.6) is 23.0 Å². The van der Waals surface area contributed by atoms with Gasteiger partial charge >= 0.3 is 0 Å². The van der Waals surface area contributed by atoms with Gasteiger partial charge in [-0.05, 0) is 53.4 Å². The highest BCUT2D eigenvalue weighted by molar-refractivity contribution is 5.80. The summed E-state index contributed by atoms with van der Waals surface area (Å²) in [6.07, 6.45) is 2.76. The Kier molecular flexibility index (Phi) is 6.18. The zero-order chi connectivity index (χ0) is 20.8. The molecule has 4 rings (SSSR count). The molecule has 3 aromatic carbocycles. The number of aliphatic imine (C=N–C) groups is 1. The second kappa shape index (κ2) is 9.35. The zero-order valence-corrected chi connectivity index (χ0v) is 17.2. The van der Waals surface area contributed by atoms with E-state index < -0.39 is 0 Å². The van der Waals surface area contributed by atoms with Crippen molar-refractivity contribution >= 4 is 6.21 Å². The molecule has 0 unspecified atom stereocenters. The maximum absolute atomic E-state index is 5.58. The normalized spacial score (nSPS) is 13.4. The van der Waals surface area contributed by atoms with E-state index >= 15 is 0 Å². The van der Waals surface area contributed by atoms with E-state index in [0.717, 1.165) is 23.5 Å². The minimum Gasteiger partial charge on any atom is -0.493 e. The second-order valence-corrected chi connectivity index (χ2v) is 7.01. The smallest absolute Gasteiger partial charge is 0.231 e. The Labute approximate surface area is 176 Å². The van der Waals surface area contributed by atoms with Gasteiger partial charge in [0.05, 0.1) is 14.2 Å². The van der Waals surface area contributed by atoms with Gasteiger partial charge in [0.25, 0.3) is 0 Å². The third-order valence-corrected chi connectivity index (χ3v) is 5.20. The Morgan fingerprint density at radius 3 is 2.47 bits per heavy atom. The van der Waals surface area contributed by atoms with Crippen molar-refractivity contribution in [2.75, 3.05) is 27.6 Å². The molecule has 0 spiro atoms. The number of rotatable bonds is 8. The highest BCUT2D eigenvalue weighted by Gasteiger charge is 2.19. The molecule has 3 aromatic rings. The number of benzene rings is 3. The summed E-state index contributed by atoms with van der Waals surface area (Å²) in [5, 5.41) is 0. The van der Waals surface area contributed by atoms with Crippen LogP contribution in [0.15, 0.2) is 71.7 Å². The van der Waals surface area contributed by atoms with E-state index in [0.29, 0.717) is 18.0 Å². The molecule has 0 aliphatic carbocycles. The van der Waals surface area contributed by atoms with Crippen molar-refractivity contribution in [2.45, 2.75) is 12.3 Å². The van der Waals surface area contributed by atoms with Gasteiger partial charge in [-0.15, -0.1) is 0 Å². The summed E-state index contributed by atoms with van der Waals surface area (Å²) >= 11 is 0. The van der Waals surface area contributed by atoms with Gasteiger partial charge in [0.1, 0.15) is 0 Å². The molecule has 0 fully saturated rings. The third kappa shape index (κ3) is 4.40. The molecular weight excluding hydrogens is 378 g/mol. The quantitative estimate of drug-likeness (QED) is 0.493. The predicted molar refractivity (Wildman–Crippen MR) is 117 cm³/mol. The van der Waals surface area contributed by atoms with E-state index in [1.807, 2.05) is 36.5 Å². The summed E-state index contributed by atoms with van der Waals surface area (Å²) < 4.78 is 21.7. The summed E-state index contributed by atoms with van der Waals surface area (Å²) in [7, 11) is 3.26. The standard InChI is InChI=1S/C25H25NO4/c1-27-22-10-8-18(14-24(22)28-2)16-26-13-12-21(19-6-4-3-5-7-19)20-9-11-23-25(15-20)30-17-29-23/h3-11,14-16,21H,12-13,17H2,1-2H3/t21-/m0/s1. The lowest BCUT2D eigenvalue weighted by Gasteiger charge is -2.17. The molecule has 30 heavy (non-hydrogen) atoms. The van der Waals surface area contributed by atoms with Gasteiger partial charge < -0.3 is 18.9 Å². The van der Waals surface area contributed by atoms with Crippen molar-refractivity contribution in [1.29, 1.82) is 0 Å². The van der Waals surface area contributed by atoms with Crippen LogP contribution in [0, 0.1) is 0 Å². The summed E-state index contributed by atoms with van der Waals surface area (Å²) in [4.78, 5) is 4.66. The lowest BCUT2D eigenvalue weighted by atomic mass is 9.88. The van der Waals surface area contributed by atoms with Gasteiger partial charge in [0.15, 0.2) is 23.0 Å². The highest BCUT2D eigenvalue weighted by atomic mass is 16.7. The third-order valence-electron chi connectivity index (χ3n) is 5.20. The molecular formula is C25H25NO4. The van der Waals surface area contributed by atoms with Gasteiger partial charge in [0, 0.05) is 18.7 Å². The van der Waals surface area contributed by atoms with Gasteiger partial charge in [-0.2, -0.15) is 0 Å². The average Bonchev–Trinajstić information content (AvgIpc) is 3.27. The van der Waals surface area contributed by atoms with Crippen LogP contribution in [0.4, 0.5) is 0 Å². The predicted octanol–water partition coefficient (Wildman–Crippen LogP) is 5.07. The lowest BCUT2D eigenvalue weighted by molar-refractivity contribution is 0.174. The summed E-state index contributed by atoms with van der Waals surface area (Å²) in [6.45, 7) is 0.979. The largest absolute Gasteiger partial charge is 0.493 e. The first-order valence-electron chi connectivity index (χ1n) is 9.95. The van der Waals surface area contributed by atoms with E-state index in [4.69, 9.17) is 18.9 Å². The van der Waals surface area contributed by atoms with Crippen LogP contribution >= 0.6 is 0 Å². The molecule has 5 nitrogen and oxygen atoms in total. The maximum atomic E-state index is 5.58. The van der Waals surface area contributed by atoms with Gasteiger partial charge in [-0.3, -0.25) is 4.99 Å². The Morgan fingerprint density at radius 1 is 0.867 bits per heavy atom. The Bertz CT molecular complexity index is 1020. The first-order valence-corrected chi connectivity index (χ1v) is 9.95. The SMILES string of the molecule is COc1ccc(C=NCC[C@@H](c2ccccc2)c2ccc3c(c2)OCO3)cc1OC. The fourth-order valence-electron chi connectivity index (χ4n) is 3.65. The summed E-state index contributed by atoms with van der Waals surface area (Å²) in [5.41, 5.74) is 3.44. The fourth-order valence-corrected chi connectivity index (χ4v) is 3.65. The summed E-state index contributed by atoms with van der Waals surface area (Å²) in [6, 6.07) is 22.5. The maximum Gasteiger partial charge on any atom is 0.231 e. The Morgan fingerprint density at radius 2 is 1.67 bits per heavy atom. The van der Waals surface area contributed by atoms with E-state index in [9.17, 15) is 0 Å². The van der Waals surface area contributed by atoms with Crippen LogP contribution in [0.3, 0.4) is 0 Å². The second-order valence-electron chi connectivity index (χ2n) is 7.01. The van der Waals surface area contributed by atoms with Crippen molar-refractivity contribution in [1.82, 2.24) is 0 Å². The Balaban J connectivity index is 1.50. The van der Waals surface area contributed by atoms with Crippen molar-refractivity contribution in [2.24, 2.45) is 4.99 Å². The average molecular weight is 403 g/mol. The van der Waals surface area contributed by atoms with Crippen molar-refractivity contribution < 1.29 is 18.9 Å². The van der Waals surface area contributed by atoms with Gasteiger partial charge in [-0.1, -0.05) is 36.4 Å². The first kappa shape index (κ1) is 19.8. The van der Waals surface area contributed by atoms with Crippen LogP contribution in [0.1, 0.15) is 29.0 Å². The Hall–Kier alpha value is -3.47. The number of fused-ring (bicyclic) bond motifs is 1. The van der Waals surface area contributed by atoms with Crippen molar-refractivity contribution in [3.63, 3.8) is 0 Å². The molecule has 0 aromatic heterocycles. The molecule has 5 heteroatoms. The molecule has 154 valence electrons. The van der Waals surface area contributed by atoms with E-state index in [2.05, 4.69) is 41.4 Å². The lowest BCUT2D eigenvalue weighted by Crippen LogP contribution is -2.03. The molecule has 0 amide bonds. The van der Waals surface area contributed by atoms with E-state index in [-0.39, 0.29) is 12.7 Å². The molecule has 1 atom stereocenters. The highest BCUT2D eigenvalue weighted by Crippen LogP contribution is 2.37. The molecule has 0 saturated heterocycles. The van der Waals surface area contributed by atoms with Crippen LogP contribution in [0.2, 0.25) is 0 Å². The van der Waals surface area contributed by atoms with E-state index in [1.54, 1.807) is 14.2 Å². The van der Waals surface area contributed by atoms with Crippen LogP contribution in [0.25, 0.3) is 0 Å². The number of ether oxygens (including phenoxy) is 4. The monoisotopic (exact) mass is 403 g/mol. The number of methoxy groups -OCH3 is 2. The number of hydrogen-bond acceptors (Lipinski definition) is 5. The minimum absolute atomic E-state index is 0.225. The molecule has 0 N–H and O–H groups in total. The number of hydrogen-bond donors (Lipinski definition) is 0. The summed E-state index contributed by atoms with van der Waals surface area (Å²) in [5.74, 6) is 3.24. The molecule has 1 heterocycles. The topological polar surface area (TPSA) is 49.3 Å². The van der Waals surface area contributed by atoms with Crippen LogP contribution in [-0.2, 0) is 0 Å². The van der Waals surface area contributed by atoms with Crippen LogP contribution < -0.4 is 18.9 Å².